The second kappa shape index (κ2) is 6.47. The van der Waals surface area contributed by atoms with Gasteiger partial charge >= 0.3 is 9.45 Å². The van der Waals surface area contributed by atoms with Gasteiger partial charge in [0.2, 0.25) is 0 Å². The highest BCUT2D eigenvalue weighted by Gasteiger charge is 2.34. The summed E-state index contributed by atoms with van der Waals surface area (Å²) in [7, 11) is 1.83. The number of hydrogen-bond donors (Lipinski definition) is 0. The molecule has 2 rings (SSSR count). The van der Waals surface area contributed by atoms with E-state index in [2.05, 4.69) is 41.8 Å². The van der Waals surface area contributed by atoms with Crippen molar-refractivity contribution >= 4 is 9.45 Å². The van der Waals surface area contributed by atoms with E-state index in [4.69, 9.17) is 8.85 Å². The van der Waals surface area contributed by atoms with Crippen molar-refractivity contribution in [3.63, 3.8) is 0 Å². The summed E-state index contributed by atoms with van der Waals surface area (Å²) in [6.07, 6.45) is 2.43. The summed E-state index contributed by atoms with van der Waals surface area (Å²) in [5.41, 5.74) is 1.38. The van der Waals surface area contributed by atoms with Gasteiger partial charge in [0.15, 0.2) is 0 Å². The first kappa shape index (κ1) is 13.7. The van der Waals surface area contributed by atoms with Crippen LogP contribution >= 0.6 is 0 Å². The molecule has 0 spiro atoms. The first-order valence-electron chi connectivity index (χ1n) is 6.62. The lowest BCUT2D eigenvalue weighted by atomic mass is 9.90. The molecule has 1 aromatic rings. The number of rotatable bonds is 4. The second-order valence-electron chi connectivity index (χ2n) is 5.07. The fourth-order valence-corrected chi connectivity index (χ4v) is 4.46. The Bertz CT molecular complexity index is 356. The van der Waals surface area contributed by atoms with E-state index in [1.807, 2.05) is 0 Å². The van der Waals surface area contributed by atoms with Gasteiger partial charge < -0.3 is 8.85 Å². The Balaban J connectivity index is 2.21. The zero-order valence-electron chi connectivity index (χ0n) is 11.5. The molecule has 1 fully saturated rings. The van der Waals surface area contributed by atoms with Gasteiger partial charge in [0.05, 0.1) is 0 Å². The van der Waals surface area contributed by atoms with Crippen molar-refractivity contribution in [2.45, 2.75) is 25.8 Å². The van der Waals surface area contributed by atoms with Crippen molar-refractivity contribution < 1.29 is 8.85 Å². The lowest BCUT2D eigenvalue weighted by Gasteiger charge is -2.41. The van der Waals surface area contributed by atoms with Crippen LogP contribution in [0, 0.1) is 5.92 Å². The van der Waals surface area contributed by atoms with Crippen molar-refractivity contribution in [2.75, 3.05) is 20.8 Å². The number of hydrogen-bond acceptors (Lipinski definition) is 3. The third-order valence-corrected chi connectivity index (χ3v) is 5.73. The molecule has 0 saturated carbocycles. The normalized spacial score (nSPS) is 25.6. The molecule has 1 aromatic carbocycles. The molecule has 1 heterocycles. The molecule has 0 amide bonds. The standard InChI is InChI=1S/C14H23NO2Si/c1-12-9-10-15(18(16-2)17-3)14(11-12)13-7-5-4-6-8-13/h4-8,12,14,18H,9-11H2,1-3H3. The fraction of sp³-hybridized carbons (Fsp3) is 0.571. The van der Waals surface area contributed by atoms with Crippen LogP contribution in [0.5, 0.6) is 0 Å². The molecule has 4 heteroatoms. The number of nitrogens with zero attached hydrogens (tertiary/aromatic N) is 1. The Morgan fingerprint density at radius 1 is 1.17 bits per heavy atom. The van der Waals surface area contributed by atoms with Crippen LogP contribution < -0.4 is 0 Å². The maximum absolute atomic E-state index is 5.57. The molecule has 2 atom stereocenters. The lowest BCUT2D eigenvalue weighted by molar-refractivity contribution is 0.124. The predicted octanol–water partition coefficient (Wildman–Crippen LogP) is 2.47. The molecule has 3 nitrogen and oxygen atoms in total. The van der Waals surface area contributed by atoms with E-state index in [1.54, 1.807) is 14.2 Å². The van der Waals surface area contributed by atoms with Crippen molar-refractivity contribution in [3.05, 3.63) is 35.9 Å². The Kier molecular flexibility index (Phi) is 4.94. The van der Waals surface area contributed by atoms with Crippen LogP contribution in [-0.2, 0) is 8.85 Å². The summed E-state index contributed by atoms with van der Waals surface area (Å²) in [6.45, 7) is 3.42. The van der Waals surface area contributed by atoms with Gasteiger partial charge in [-0.25, -0.2) is 0 Å². The molecule has 100 valence electrons. The zero-order chi connectivity index (χ0) is 13.0. The molecule has 1 aliphatic heterocycles. The summed E-state index contributed by atoms with van der Waals surface area (Å²) < 4.78 is 13.6. The summed E-state index contributed by atoms with van der Waals surface area (Å²) in [5, 5.41) is 0. The largest absolute Gasteiger partial charge is 0.411 e. The van der Waals surface area contributed by atoms with Crippen molar-refractivity contribution in [1.82, 2.24) is 4.57 Å². The molecule has 0 bridgehead atoms. The minimum Gasteiger partial charge on any atom is -0.388 e. The van der Waals surface area contributed by atoms with Crippen LogP contribution in [-0.4, -0.2) is 34.8 Å². The van der Waals surface area contributed by atoms with E-state index in [-0.39, 0.29) is 0 Å². The number of piperidine rings is 1. The molecule has 1 saturated heterocycles. The van der Waals surface area contributed by atoms with E-state index in [1.165, 1.54) is 18.4 Å². The van der Waals surface area contributed by atoms with Crippen LogP contribution in [0.3, 0.4) is 0 Å². The average Bonchev–Trinajstić information content (AvgIpc) is 2.42. The monoisotopic (exact) mass is 265 g/mol. The van der Waals surface area contributed by atoms with Crippen molar-refractivity contribution in [3.8, 4) is 0 Å². The third kappa shape index (κ3) is 3.01. The molecule has 18 heavy (non-hydrogen) atoms. The highest BCUT2D eigenvalue weighted by atomic mass is 28.3. The molecular weight excluding hydrogens is 242 g/mol. The quantitative estimate of drug-likeness (QED) is 0.781. The van der Waals surface area contributed by atoms with Gasteiger partial charge in [-0.05, 0) is 30.9 Å². The highest BCUT2D eigenvalue weighted by molar-refractivity contribution is 6.41. The molecule has 0 aliphatic carbocycles. The van der Waals surface area contributed by atoms with E-state index in [0.29, 0.717) is 6.04 Å². The molecule has 0 radical (unpaired) electrons. The summed E-state index contributed by atoms with van der Waals surface area (Å²) in [5.74, 6) is 0.773. The van der Waals surface area contributed by atoms with Gasteiger partial charge in [0, 0.05) is 20.3 Å². The Labute approximate surface area is 112 Å². The van der Waals surface area contributed by atoms with Crippen molar-refractivity contribution in [1.29, 1.82) is 0 Å². The smallest absolute Gasteiger partial charge is 0.388 e. The van der Waals surface area contributed by atoms with Crippen LogP contribution in [0.1, 0.15) is 31.4 Å². The Hall–Kier alpha value is -0.683. The molecule has 1 aliphatic rings. The van der Waals surface area contributed by atoms with E-state index >= 15 is 0 Å². The topological polar surface area (TPSA) is 21.7 Å². The van der Waals surface area contributed by atoms with Crippen LogP contribution in [0.2, 0.25) is 0 Å². The fourth-order valence-electron chi connectivity index (χ4n) is 2.78. The Morgan fingerprint density at radius 3 is 2.44 bits per heavy atom. The molecular formula is C14H23NO2Si. The third-order valence-electron chi connectivity index (χ3n) is 3.76. The van der Waals surface area contributed by atoms with Crippen LogP contribution in [0.4, 0.5) is 0 Å². The van der Waals surface area contributed by atoms with E-state index < -0.39 is 9.45 Å². The Morgan fingerprint density at radius 2 is 1.83 bits per heavy atom. The van der Waals surface area contributed by atoms with Gasteiger partial charge in [-0.15, -0.1) is 0 Å². The minimum atomic E-state index is -1.70. The molecule has 0 N–H and O–H groups in total. The number of benzene rings is 1. The molecule has 0 aromatic heterocycles. The minimum absolute atomic E-state index is 0.450. The van der Waals surface area contributed by atoms with E-state index in [9.17, 15) is 0 Å². The first-order valence-corrected chi connectivity index (χ1v) is 8.08. The van der Waals surface area contributed by atoms with Gasteiger partial charge in [-0.2, -0.15) is 0 Å². The van der Waals surface area contributed by atoms with Gasteiger partial charge in [0.1, 0.15) is 0 Å². The van der Waals surface area contributed by atoms with Crippen molar-refractivity contribution in [2.24, 2.45) is 5.92 Å². The summed E-state index contributed by atoms with van der Waals surface area (Å²) >= 11 is 0. The van der Waals surface area contributed by atoms with Gasteiger partial charge in [-0.3, -0.25) is 4.57 Å². The average molecular weight is 265 g/mol. The maximum Gasteiger partial charge on any atom is 0.411 e. The van der Waals surface area contributed by atoms with Gasteiger partial charge in [0.25, 0.3) is 0 Å². The summed E-state index contributed by atoms with van der Waals surface area (Å²) in [6, 6.07) is 11.2. The second-order valence-corrected chi connectivity index (χ2v) is 7.29. The van der Waals surface area contributed by atoms with E-state index in [0.717, 1.165) is 12.5 Å². The SMILES string of the molecule is CO[SiH](OC)N1CCC(C)CC1c1ccccc1. The molecule has 2 unspecified atom stereocenters. The highest BCUT2D eigenvalue weighted by Crippen LogP contribution is 2.34. The zero-order valence-corrected chi connectivity index (χ0v) is 12.7. The van der Waals surface area contributed by atoms with Gasteiger partial charge in [-0.1, -0.05) is 37.3 Å². The van der Waals surface area contributed by atoms with Crippen LogP contribution in [0.15, 0.2) is 30.3 Å². The maximum atomic E-state index is 5.57. The summed E-state index contributed by atoms with van der Waals surface area (Å²) in [4.78, 5) is 0. The first-order chi connectivity index (χ1) is 8.76. The van der Waals surface area contributed by atoms with Crippen LogP contribution in [0.25, 0.3) is 0 Å². The predicted molar refractivity (Wildman–Crippen MR) is 75.5 cm³/mol. The lowest BCUT2D eigenvalue weighted by Crippen LogP contribution is -2.48.